The second-order valence-corrected chi connectivity index (χ2v) is 6.61. The number of carbonyl (C=O) groups is 1. The number of imidazole rings is 1. The molecule has 3 aromatic rings. The van der Waals surface area contributed by atoms with Crippen LogP contribution in [0.5, 0.6) is 0 Å². The fourth-order valence-corrected chi connectivity index (χ4v) is 3.17. The quantitative estimate of drug-likeness (QED) is 0.723. The zero-order valence-electron chi connectivity index (χ0n) is 15.3. The maximum atomic E-state index is 13.2. The molecular formula is C19H18F3N5O2. The Morgan fingerprint density at radius 1 is 1.17 bits per heavy atom. The van der Waals surface area contributed by atoms with Crippen molar-refractivity contribution in [2.75, 3.05) is 31.6 Å². The Hall–Kier alpha value is -2.98. The molecule has 0 unspecified atom stereocenters. The van der Waals surface area contributed by atoms with Crippen molar-refractivity contribution >= 4 is 17.2 Å². The number of hydrogen-bond acceptors (Lipinski definition) is 5. The molecule has 0 saturated carbocycles. The summed E-state index contributed by atoms with van der Waals surface area (Å²) >= 11 is 0. The maximum Gasteiger partial charge on any atom is 0.417 e. The Morgan fingerprint density at radius 3 is 2.66 bits per heavy atom. The molecule has 4 rings (SSSR count). The molecule has 0 aromatic carbocycles. The molecule has 1 N–H and O–H groups in total. The van der Waals surface area contributed by atoms with Gasteiger partial charge in [-0.05, 0) is 24.3 Å². The highest BCUT2D eigenvalue weighted by molar-refractivity contribution is 6.02. The minimum Gasteiger partial charge on any atom is -0.379 e. The average Bonchev–Trinajstić information content (AvgIpc) is 3.07. The van der Waals surface area contributed by atoms with Crippen LogP contribution in [0.4, 0.5) is 19.0 Å². The molecule has 0 bridgehead atoms. The first-order valence-electron chi connectivity index (χ1n) is 9.02. The molecule has 29 heavy (non-hydrogen) atoms. The molecule has 0 atom stereocenters. The minimum atomic E-state index is -4.53. The van der Waals surface area contributed by atoms with E-state index in [4.69, 9.17) is 4.74 Å². The number of fused-ring (bicyclic) bond motifs is 1. The predicted octanol–water partition coefficient (Wildman–Crippen LogP) is 2.83. The van der Waals surface area contributed by atoms with Gasteiger partial charge in [-0.3, -0.25) is 14.1 Å². The molecule has 1 amide bonds. The van der Waals surface area contributed by atoms with Crippen LogP contribution >= 0.6 is 0 Å². The largest absolute Gasteiger partial charge is 0.417 e. The predicted molar refractivity (Wildman–Crippen MR) is 98.5 cm³/mol. The molecule has 7 nitrogen and oxygen atoms in total. The summed E-state index contributed by atoms with van der Waals surface area (Å²) < 4.78 is 46.1. The van der Waals surface area contributed by atoms with Crippen LogP contribution < -0.4 is 5.32 Å². The molecule has 4 heterocycles. The number of aromatic nitrogens is 3. The Labute approximate surface area is 164 Å². The third kappa shape index (κ3) is 4.22. The second kappa shape index (κ2) is 7.80. The maximum absolute atomic E-state index is 13.2. The summed E-state index contributed by atoms with van der Waals surface area (Å²) in [5.41, 5.74) is 0.134. The summed E-state index contributed by atoms with van der Waals surface area (Å²) in [6.07, 6.45) is -2.12. The van der Waals surface area contributed by atoms with Gasteiger partial charge in [-0.1, -0.05) is 6.07 Å². The number of carbonyl (C=O) groups excluding carboxylic acids is 1. The molecule has 0 aliphatic carbocycles. The number of anilines is 1. The molecule has 0 spiro atoms. The number of nitrogens with zero attached hydrogens (tertiary/aromatic N) is 4. The van der Waals surface area contributed by atoms with E-state index in [9.17, 15) is 18.0 Å². The lowest BCUT2D eigenvalue weighted by Crippen LogP contribution is -2.35. The van der Waals surface area contributed by atoms with Crippen molar-refractivity contribution in [3.8, 4) is 0 Å². The SMILES string of the molecule is O=C(Nc1ccccn1)c1nc(CN2CCOCC2)c2ccc(C(F)(F)F)cn12. The number of nitrogens with one attached hydrogen (secondary N) is 1. The van der Waals surface area contributed by atoms with Gasteiger partial charge in [0.15, 0.2) is 0 Å². The summed E-state index contributed by atoms with van der Waals surface area (Å²) in [6.45, 7) is 2.95. The van der Waals surface area contributed by atoms with Gasteiger partial charge < -0.3 is 10.1 Å². The van der Waals surface area contributed by atoms with Gasteiger partial charge in [-0.15, -0.1) is 0 Å². The van der Waals surface area contributed by atoms with Crippen LogP contribution in [0.2, 0.25) is 0 Å². The van der Waals surface area contributed by atoms with Crippen LogP contribution in [0.1, 0.15) is 21.9 Å². The van der Waals surface area contributed by atoms with E-state index < -0.39 is 17.6 Å². The van der Waals surface area contributed by atoms with Crippen molar-refractivity contribution in [1.29, 1.82) is 0 Å². The topological polar surface area (TPSA) is 71.8 Å². The first-order chi connectivity index (χ1) is 13.9. The van der Waals surface area contributed by atoms with Crippen molar-refractivity contribution in [1.82, 2.24) is 19.3 Å². The first kappa shape index (κ1) is 19.3. The van der Waals surface area contributed by atoms with E-state index in [1.807, 2.05) is 0 Å². The summed E-state index contributed by atoms with van der Waals surface area (Å²) in [5.74, 6) is -0.470. The Bertz CT molecular complexity index is 1010. The minimum absolute atomic E-state index is 0.125. The van der Waals surface area contributed by atoms with Crippen molar-refractivity contribution < 1.29 is 22.7 Å². The van der Waals surface area contributed by atoms with E-state index in [1.54, 1.807) is 18.2 Å². The number of rotatable bonds is 4. The van der Waals surface area contributed by atoms with Crippen molar-refractivity contribution in [2.24, 2.45) is 0 Å². The molecule has 152 valence electrons. The van der Waals surface area contributed by atoms with E-state index in [-0.39, 0.29) is 11.6 Å². The van der Waals surface area contributed by atoms with Crippen LogP contribution in [-0.2, 0) is 17.5 Å². The van der Waals surface area contributed by atoms with Crippen molar-refractivity contribution in [3.05, 3.63) is 59.8 Å². The molecule has 0 radical (unpaired) electrons. The van der Waals surface area contributed by atoms with Crippen LogP contribution in [-0.4, -0.2) is 51.5 Å². The van der Waals surface area contributed by atoms with Gasteiger partial charge in [0.1, 0.15) is 5.82 Å². The average molecular weight is 405 g/mol. The van der Waals surface area contributed by atoms with Crippen LogP contribution in [0.3, 0.4) is 0 Å². The number of pyridine rings is 2. The second-order valence-electron chi connectivity index (χ2n) is 6.61. The molecule has 3 aromatic heterocycles. The number of ether oxygens (including phenoxy) is 1. The molecule has 1 fully saturated rings. The lowest BCUT2D eigenvalue weighted by molar-refractivity contribution is -0.137. The normalized spacial score (nSPS) is 15.6. The van der Waals surface area contributed by atoms with E-state index in [0.717, 1.165) is 12.3 Å². The number of alkyl halides is 3. The molecule has 1 saturated heterocycles. The lowest BCUT2D eigenvalue weighted by atomic mass is 10.2. The van der Waals surface area contributed by atoms with E-state index >= 15 is 0 Å². The van der Waals surface area contributed by atoms with Gasteiger partial charge in [-0.25, -0.2) is 9.97 Å². The van der Waals surface area contributed by atoms with Crippen LogP contribution in [0, 0.1) is 0 Å². The standard InChI is InChI=1S/C19H18F3N5O2/c20-19(21,22)13-4-5-15-14(12-26-7-9-29-10-8-26)24-17(27(15)11-13)18(28)25-16-3-1-2-6-23-16/h1-6,11H,7-10,12H2,(H,23,25,28). The third-order valence-corrected chi connectivity index (χ3v) is 4.63. The van der Waals surface area contributed by atoms with Crippen molar-refractivity contribution in [3.63, 3.8) is 0 Å². The number of amides is 1. The zero-order valence-corrected chi connectivity index (χ0v) is 15.3. The highest BCUT2D eigenvalue weighted by Crippen LogP contribution is 2.30. The Kier molecular flexibility index (Phi) is 5.20. The summed E-state index contributed by atoms with van der Waals surface area (Å²) in [6, 6.07) is 7.32. The monoisotopic (exact) mass is 405 g/mol. The highest BCUT2D eigenvalue weighted by atomic mass is 19.4. The van der Waals surface area contributed by atoms with Crippen LogP contribution in [0.25, 0.3) is 5.52 Å². The molecule has 1 aliphatic heterocycles. The number of morpholine rings is 1. The summed E-state index contributed by atoms with van der Waals surface area (Å²) in [4.78, 5) is 23.2. The van der Waals surface area contributed by atoms with E-state index in [1.165, 1.54) is 16.7 Å². The van der Waals surface area contributed by atoms with Gasteiger partial charge >= 0.3 is 6.18 Å². The summed E-state index contributed by atoms with van der Waals surface area (Å²) in [5, 5.41) is 2.58. The lowest BCUT2D eigenvalue weighted by Gasteiger charge is -2.25. The number of hydrogen-bond donors (Lipinski definition) is 1. The van der Waals surface area contributed by atoms with Gasteiger partial charge in [0.05, 0.1) is 30.0 Å². The number of halogens is 3. The van der Waals surface area contributed by atoms with Gasteiger partial charge in [0, 0.05) is 32.0 Å². The smallest absolute Gasteiger partial charge is 0.379 e. The van der Waals surface area contributed by atoms with E-state index in [0.29, 0.717) is 44.1 Å². The fourth-order valence-electron chi connectivity index (χ4n) is 3.17. The molecular weight excluding hydrogens is 387 g/mol. The molecule has 10 heteroatoms. The van der Waals surface area contributed by atoms with Crippen LogP contribution in [0.15, 0.2) is 42.7 Å². The Morgan fingerprint density at radius 2 is 1.97 bits per heavy atom. The Balaban J connectivity index is 1.73. The van der Waals surface area contributed by atoms with Gasteiger partial charge in [-0.2, -0.15) is 13.2 Å². The van der Waals surface area contributed by atoms with Gasteiger partial charge in [0.2, 0.25) is 5.82 Å². The molecule has 1 aliphatic rings. The first-order valence-corrected chi connectivity index (χ1v) is 9.02. The zero-order chi connectivity index (χ0) is 20.4. The highest BCUT2D eigenvalue weighted by Gasteiger charge is 2.32. The van der Waals surface area contributed by atoms with E-state index in [2.05, 4.69) is 20.2 Å². The van der Waals surface area contributed by atoms with Gasteiger partial charge in [0.25, 0.3) is 5.91 Å². The summed E-state index contributed by atoms with van der Waals surface area (Å²) in [7, 11) is 0. The third-order valence-electron chi connectivity index (χ3n) is 4.63. The fraction of sp³-hybridized carbons (Fsp3) is 0.316. The van der Waals surface area contributed by atoms with Crippen molar-refractivity contribution in [2.45, 2.75) is 12.7 Å².